The van der Waals surface area contributed by atoms with Crippen LogP contribution in [-0.4, -0.2) is 49.0 Å². The molecule has 0 unspecified atom stereocenters. The fraction of sp³-hybridized carbons (Fsp3) is 0.727. The van der Waals surface area contributed by atoms with E-state index in [0.29, 0.717) is 25.9 Å². The topological polar surface area (TPSA) is 100 Å². The highest BCUT2D eigenvalue weighted by Gasteiger charge is 2.27. The number of hydrogen-bond acceptors (Lipinski definition) is 7. The molecule has 1 aromatic rings. The monoisotopic (exact) mass is 577 g/mol. The van der Waals surface area contributed by atoms with Crippen molar-refractivity contribution in [2.45, 2.75) is 142 Å². The van der Waals surface area contributed by atoms with Crippen molar-refractivity contribution in [3.63, 3.8) is 0 Å². The van der Waals surface area contributed by atoms with Gasteiger partial charge in [-0.15, -0.1) is 0 Å². The number of rotatable bonds is 22. The van der Waals surface area contributed by atoms with E-state index in [2.05, 4.69) is 12.2 Å². The minimum absolute atomic E-state index is 0.125. The molecule has 1 N–H and O–H groups in total. The molecule has 0 aromatic heterocycles. The van der Waals surface area contributed by atoms with E-state index < -0.39 is 23.7 Å². The van der Waals surface area contributed by atoms with Crippen molar-refractivity contribution in [3.05, 3.63) is 35.9 Å². The summed E-state index contributed by atoms with van der Waals surface area (Å²) in [4.78, 5) is 37.7. The van der Waals surface area contributed by atoms with Gasteiger partial charge in [0.25, 0.3) is 0 Å². The van der Waals surface area contributed by atoms with Crippen molar-refractivity contribution in [1.29, 1.82) is 0 Å². The Balaban J connectivity index is 2.45. The predicted molar refractivity (Wildman–Crippen MR) is 161 cm³/mol. The second-order valence-corrected chi connectivity index (χ2v) is 11.6. The highest BCUT2D eigenvalue weighted by Crippen LogP contribution is 2.14. The molecule has 0 fully saturated rings. The van der Waals surface area contributed by atoms with Crippen LogP contribution >= 0.6 is 0 Å². The average molecular weight is 578 g/mol. The molecule has 0 aliphatic rings. The molecule has 0 bridgehead atoms. The van der Waals surface area contributed by atoms with Gasteiger partial charge in [0.2, 0.25) is 0 Å². The van der Waals surface area contributed by atoms with Crippen molar-refractivity contribution < 1.29 is 33.3 Å². The summed E-state index contributed by atoms with van der Waals surface area (Å²) in [5, 5.41) is 2.63. The maximum atomic E-state index is 13.1. The zero-order valence-electron chi connectivity index (χ0n) is 26.2. The maximum absolute atomic E-state index is 13.1. The van der Waals surface area contributed by atoms with E-state index in [0.717, 1.165) is 25.0 Å². The lowest BCUT2D eigenvalue weighted by atomic mass is 10.1. The molecule has 8 heteroatoms. The van der Waals surface area contributed by atoms with Crippen molar-refractivity contribution >= 4 is 18.0 Å². The van der Waals surface area contributed by atoms with Gasteiger partial charge in [-0.25, -0.2) is 9.59 Å². The molecule has 2 atom stereocenters. The first-order valence-corrected chi connectivity index (χ1v) is 15.6. The highest BCUT2D eigenvalue weighted by molar-refractivity contribution is 5.81. The van der Waals surface area contributed by atoms with E-state index in [1.807, 2.05) is 37.3 Å². The summed E-state index contributed by atoms with van der Waals surface area (Å²) in [5.74, 6) is -0.884. The van der Waals surface area contributed by atoms with Crippen LogP contribution in [0.4, 0.5) is 4.79 Å². The van der Waals surface area contributed by atoms with E-state index >= 15 is 0 Å². The molecule has 0 radical (unpaired) electrons. The van der Waals surface area contributed by atoms with Crippen LogP contribution in [0.25, 0.3) is 0 Å². The Labute approximate surface area is 248 Å². The second-order valence-electron chi connectivity index (χ2n) is 11.6. The van der Waals surface area contributed by atoms with Crippen LogP contribution < -0.4 is 5.32 Å². The van der Waals surface area contributed by atoms with Gasteiger partial charge in [0.05, 0.1) is 0 Å². The number of carbonyl (C=O) groups is 3. The SMILES string of the molecule is CCCCCCCCCOCCC[C@H](CC)OC(=O)[C@H](CCCC(=O)OCc1ccccc1)NC(=O)OC(C)(C)C. The largest absolute Gasteiger partial charge is 0.461 e. The third kappa shape index (κ3) is 20.0. The summed E-state index contributed by atoms with van der Waals surface area (Å²) < 4.78 is 22.2. The number of unbranched alkanes of at least 4 members (excludes halogenated alkanes) is 6. The zero-order chi connectivity index (χ0) is 30.3. The van der Waals surface area contributed by atoms with Crippen LogP contribution in [0.3, 0.4) is 0 Å². The standard InChI is InChI=1S/C33H55NO7/c1-6-8-9-10-11-12-16-24-38-25-18-21-28(7-2)40-31(36)29(34-32(37)41-33(3,4)5)22-17-23-30(35)39-26-27-19-14-13-15-20-27/h13-15,19-20,28-29H,6-12,16-18,21-26H2,1-5H3,(H,34,37)/t28-,29-/m0/s1. The molecule has 1 rings (SSSR count). The van der Waals surface area contributed by atoms with Crippen LogP contribution in [0, 0.1) is 0 Å². The molecule has 41 heavy (non-hydrogen) atoms. The molecule has 234 valence electrons. The first kappa shape index (κ1) is 36.4. The first-order valence-electron chi connectivity index (χ1n) is 15.6. The van der Waals surface area contributed by atoms with E-state index in [4.69, 9.17) is 18.9 Å². The molecule has 0 heterocycles. The van der Waals surface area contributed by atoms with E-state index in [-0.39, 0.29) is 31.5 Å². The summed E-state index contributed by atoms with van der Waals surface area (Å²) in [7, 11) is 0. The summed E-state index contributed by atoms with van der Waals surface area (Å²) in [6.45, 7) is 11.1. The normalized spacial score (nSPS) is 12.8. The fourth-order valence-corrected chi connectivity index (χ4v) is 4.23. The van der Waals surface area contributed by atoms with Gasteiger partial charge in [0, 0.05) is 19.6 Å². The molecule has 0 saturated carbocycles. The van der Waals surface area contributed by atoms with Crippen LogP contribution in [0.5, 0.6) is 0 Å². The van der Waals surface area contributed by atoms with Gasteiger partial charge in [-0.2, -0.15) is 0 Å². The molecule has 8 nitrogen and oxygen atoms in total. The lowest BCUT2D eigenvalue weighted by molar-refractivity contribution is -0.153. The second kappa shape index (κ2) is 22.0. The van der Waals surface area contributed by atoms with Gasteiger partial charge in [0.1, 0.15) is 24.4 Å². The van der Waals surface area contributed by atoms with Gasteiger partial charge < -0.3 is 24.3 Å². The van der Waals surface area contributed by atoms with Gasteiger partial charge >= 0.3 is 18.0 Å². The molecular weight excluding hydrogens is 522 g/mol. The number of carbonyl (C=O) groups excluding carboxylic acids is 3. The number of alkyl carbamates (subject to hydrolysis) is 1. The minimum Gasteiger partial charge on any atom is -0.461 e. The Hall–Kier alpha value is -2.61. The zero-order valence-corrected chi connectivity index (χ0v) is 26.2. The smallest absolute Gasteiger partial charge is 0.408 e. The lowest BCUT2D eigenvalue weighted by Crippen LogP contribution is -2.45. The van der Waals surface area contributed by atoms with Crippen LogP contribution in [0.15, 0.2) is 30.3 Å². The van der Waals surface area contributed by atoms with Crippen molar-refractivity contribution in [3.8, 4) is 0 Å². The Morgan fingerprint density at radius 2 is 1.49 bits per heavy atom. The molecule has 1 aromatic carbocycles. The minimum atomic E-state index is -0.922. The van der Waals surface area contributed by atoms with Crippen LogP contribution in [-0.2, 0) is 35.1 Å². The Kier molecular flexibility index (Phi) is 19.6. The van der Waals surface area contributed by atoms with Crippen LogP contribution in [0.2, 0.25) is 0 Å². The van der Waals surface area contributed by atoms with Crippen LogP contribution in [0.1, 0.15) is 124 Å². The Morgan fingerprint density at radius 3 is 2.15 bits per heavy atom. The molecule has 0 saturated heterocycles. The lowest BCUT2D eigenvalue weighted by Gasteiger charge is -2.24. The first-order chi connectivity index (χ1) is 19.6. The number of amides is 1. The third-order valence-corrected chi connectivity index (χ3v) is 6.54. The van der Waals surface area contributed by atoms with E-state index in [1.54, 1.807) is 20.8 Å². The number of benzene rings is 1. The number of esters is 2. The van der Waals surface area contributed by atoms with Gasteiger partial charge in [0.15, 0.2) is 0 Å². The van der Waals surface area contributed by atoms with Gasteiger partial charge in [-0.3, -0.25) is 4.79 Å². The Morgan fingerprint density at radius 1 is 0.829 bits per heavy atom. The van der Waals surface area contributed by atoms with E-state index in [9.17, 15) is 14.4 Å². The van der Waals surface area contributed by atoms with Crippen molar-refractivity contribution in [1.82, 2.24) is 5.32 Å². The Bertz CT molecular complexity index is 838. The van der Waals surface area contributed by atoms with Gasteiger partial charge in [-0.05, 0) is 64.9 Å². The average Bonchev–Trinajstić information content (AvgIpc) is 2.93. The maximum Gasteiger partial charge on any atom is 0.408 e. The molecular formula is C33H55NO7. The number of nitrogens with one attached hydrogen (secondary N) is 1. The summed E-state index contributed by atoms with van der Waals surface area (Å²) in [6, 6.07) is 8.52. The number of ether oxygens (including phenoxy) is 4. The van der Waals surface area contributed by atoms with Crippen molar-refractivity contribution in [2.24, 2.45) is 0 Å². The fourth-order valence-electron chi connectivity index (χ4n) is 4.23. The summed E-state index contributed by atoms with van der Waals surface area (Å²) in [6.07, 6.45) is 10.6. The summed E-state index contributed by atoms with van der Waals surface area (Å²) in [5.41, 5.74) is 0.198. The highest BCUT2D eigenvalue weighted by atomic mass is 16.6. The number of hydrogen-bond donors (Lipinski definition) is 1. The molecule has 0 aliphatic heterocycles. The van der Waals surface area contributed by atoms with E-state index in [1.165, 1.54) is 38.5 Å². The summed E-state index contributed by atoms with van der Waals surface area (Å²) >= 11 is 0. The molecule has 0 aliphatic carbocycles. The predicted octanol–water partition coefficient (Wildman–Crippen LogP) is 7.66. The molecule has 0 spiro atoms. The molecule has 1 amide bonds. The van der Waals surface area contributed by atoms with Gasteiger partial charge in [-0.1, -0.05) is 82.7 Å². The van der Waals surface area contributed by atoms with Crippen molar-refractivity contribution in [2.75, 3.05) is 13.2 Å². The third-order valence-electron chi connectivity index (χ3n) is 6.54. The quantitative estimate of drug-likeness (QED) is 0.0857.